The second-order valence-electron chi connectivity index (χ2n) is 6.83. The van der Waals surface area contributed by atoms with Crippen LogP contribution < -0.4 is 15.0 Å². The number of H-pyrrole nitrogens is 1. The third kappa shape index (κ3) is 4.02. The molecule has 0 aliphatic carbocycles. The lowest BCUT2D eigenvalue weighted by atomic mass is 10.1. The average molecular weight is 417 g/mol. The van der Waals surface area contributed by atoms with Crippen molar-refractivity contribution in [2.24, 2.45) is 0 Å². The number of carbonyl (C=O) groups is 1. The first-order chi connectivity index (χ1) is 14.5. The Hall–Kier alpha value is -3.70. The predicted molar refractivity (Wildman–Crippen MR) is 118 cm³/mol. The Morgan fingerprint density at radius 2 is 2.17 bits per heavy atom. The van der Waals surface area contributed by atoms with Gasteiger partial charge in [0.05, 0.1) is 5.69 Å². The molecule has 4 rings (SSSR count). The number of anilines is 1. The molecule has 2 heterocycles. The van der Waals surface area contributed by atoms with Crippen molar-refractivity contribution >= 4 is 28.8 Å². The highest BCUT2D eigenvalue weighted by molar-refractivity contribution is 7.80. The Kier molecular flexibility index (Phi) is 5.46. The van der Waals surface area contributed by atoms with Crippen LogP contribution in [0.25, 0.3) is 0 Å². The van der Waals surface area contributed by atoms with E-state index in [0.29, 0.717) is 23.0 Å². The molecule has 0 unspecified atom stereocenters. The molecule has 2 aromatic carbocycles. The number of thiocarbonyl (C=S) groups is 1. The Morgan fingerprint density at radius 3 is 2.93 bits per heavy atom. The highest BCUT2D eigenvalue weighted by atomic mass is 32.1. The molecule has 2 N–H and O–H groups in total. The monoisotopic (exact) mass is 417 g/mol. The molecule has 150 valence electrons. The number of hydrogen-bond acceptors (Lipinski definition) is 5. The van der Waals surface area contributed by atoms with E-state index in [0.717, 1.165) is 16.8 Å². The van der Waals surface area contributed by atoms with Gasteiger partial charge in [0, 0.05) is 19.0 Å². The van der Waals surface area contributed by atoms with Crippen molar-refractivity contribution in [2.75, 3.05) is 18.6 Å². The third-order valence-electron chi connectivity index (χ3n) is 4.78. The van der Waals surface area contributed by atoms with Crippen LogP contribution in [0, 0.1) is 12.3 Å². The van der Waals surface area contributed by atoms with Gasteiger partial charge in [0.2, 0.25) is 5.82 Å². The van der Waals surface area contributed by atoms with E-state index in [1.807, 2.05) is 43.4 Å². The minimum atomic E-state index is -0.518. The number of aromatic nitrogens is 3. The number of amides is 1. The SMILES string of the molecule is C#Cc1ccc2c(c1)N(C)C(=S)[C@@H](NC(=O)c1n[nH]c(Cc3ccccc3)n1)CO2. The molecule has 1 amide bonds. The van der Waals surface area contributed by atoms with Gasteiger partial charge in [0.1, 0.15) is 29.2 Å². The smallest absolute Gasteiger partial charge is 0.291 e. The van der Waals surface area contributed by atoms with E-state index in [1.54, 1.807) is 17.0 Å². The highest BCUT2D eigenvalue weighted by Gasteiger charge is 2.28. The Balaban J connectivity index is 1.46. The summed E-state index contributed by atoms with van der Waals surface area (Å²) in [7, 11) is 1.82. The lowest BCUT2D eigenvalue weighted by Gasteiger charge is -2.23. The molecule has 0 saturated carbocycles. The molecule has 30 heavy (non-hydrogen) atoms. The van der Waals surface area contributed by atoms with Crippen molar-refractivity contribution in [3.8, 4) is 18.1 Å². The maximum atomic E-state index is 12.7. The maximum Gasteiger partial charge on any atom is 0.291 e. The summed E-state index contributed by atoms with van der Waals surface area (Å²) in [5.41, 5.74) is 2.56. The molecule has 8 heteroatoms. The average Bonchev–Trinajstić information content (AvgIpc) is 3.20. The van der Waals surface area contributed by atoms with Crippen LogP contribution in [0.2, 0.25) is 0 Å². The van der Waals surface area contributed by atoms with Gasteiger partial charge in [-0.2, -0.15) is 0 Å². The summed E-state index contributed by atoms with van der Waals surface area (Å²) in [5.74, 6) is 3.49. The molecule has 0 radical (unpaired) electrons. The van der Waals surface area contributed by atoms with E-state index in [4.69, 9.17) is 23.4 Å². The summed E-state index contributed by atoms with van der Waals surface area (Å²) >= 11 is 5.58. The van der Waals surface area contributed by atoms with E-state index >= 15 is 0 Å². The Labute approximate surface area is 179 Å². The lowest BCUT2D eigenvalue weighted by molar-refractivity contribution is 0.0927. The predicted octanol–water partition coefficient (Wildman–Crippen LogP) is 2.33. The number of terminal acetylenes is 1. The topological polar surface area (TPSA) is 83.1 Å². The first kappa shape index (κ1) is 19.6. The molecule has 0 fully saturated rings. The van der Waals surface area contributed by atoms with Gasteiger partial charge in [-0.25, -0.2) is 4.98 Å². The van der Waals surface area contributed by atoms with E-state index in [2.05, 4.69) is 26.4 Å². The first-order valence-corrected chi connectivity index (χ1v) is 9.73. The fraction of sp³-hybridized carbons (Fsp3) is 0.182. The Morgan fingerprint density at radius 1 is 1.37 bits per heavy atom. The third-order valence-corrected chi connectivity index (χ3v) is 5.33. The summed E-state index contributed by atoms with van der Waals surface area (Å²) in [4.78, 5) is 19.3. The largest absolute Gasteiger partial charge is 0.489 e. The molecule has 0 saturated heterocycles. The summed E-state index contributed by atoms with van der Waals surface area (Å²) in [5, 5.41) is 9.72. The summed E-state index contributed by atoms with van der Waals surface area (Å²) < 4.78 is 5.86. The van der Waals surface area contributed by atoms with Gasteiger partial charge in [-0.3, -0.25) is 9.89 Å². The lowest BCUT2D eigenvalue weighted by Crippen LogP contribution is -2.48. The van der Waals surface area contributed by atoms with Gasteiger partial charge in [-0.05, 0) is 23.8 Å². The fourth-order valence-corrected chi connectivity index (χ4v) is 3.40. The number of likely N-dealkylation sites (N-methyl/N-ethyl adjacent to an activating group) is 1. The molecule has 1 aliphatic heterocycles. The number of hydrogen-bond donors (Lipinski definition) is 2. The Bertz CT molecular complexity index is 1140. The minimum Gasteiger partial charge on any atom is -0.489 e. The molecule has 3 aromatic rings. The number of aromatic amines is 1. The van der Waals surface area contributed by atoms with Crippen LogP contribution in [0.4, 0.5) is 5.69 Å². The van der Waals surface area contributed by atoms with Crippen LogP contribution in [-0.2, 0) is 6.42 Å². The van der Waals surface area contributed by atoms with Gasteiger partial charge in [-0.1, -0.05) is 48.5 Å². The standard InChI is InChI=1S/C22H19N5O2S/c1-3-14-9-10-18-17(11-14)27(2)22(30)16(13-29-18)23-21(28)20-24-19(25-26-20)12-15-7-5-4-6-8-15/h1,4-11,16H,12-13H2,2H3,(H,23,28)(H,24,25,26)/t16-/m0/s1. The summed E-state index contributed by atoms with van der Waals surface area (Å²) in [6.45, 7) is 0.193. The molecule has 1 aromatic heterocycles. The van der Waals surface area contributed by atoms with Crippen molar-refractivity contribution in [1.29, 1.82) is 0 Å². The molecule has 0 spiro atoms. The van der Waals surface area contributed by atoms with Crippen molar-refractivity contribution in [2.45, 2.75) is 12.5 Å². The number of carbonyl (C=O) groups excluding carboxylic acids is 1. The van der Waals surface area contributed by atoms with Crippen molar-refractivity contribution in [1.82, 2.24) is 20.5 Å². The van der Waals surface area contributed by atoms with Crippen molar-refractivity contribution in [3.05, 3.63) is 71.3 Å². The number of rotatable bonds is 4. The highest BCUT2D eigenvalue weighted by Crippen LogP contribution is 2.31. The normalized spacial score (nSPS) is 15.5. The molecule has 7 nitrogen and oxygen atoms in total. The maximum absolute atomic E-state index is 12.7. The van der Waals surface area contributed by atoms with Crippen LogP contribution in [0.3, 0.4) is 0 Å². The molecule has 1 aliphatic rings. The quantitative estimate of drug-likeness (QED) is 0.501. The number of fused-ring (bicyclic) bond motifs is 1. The van der Waals surface area contributed by atoms with Gasteiger partial charge in [0.25, 0.3) is 5.91 Å². The number of nitrogens with zero attached hydrogens (tertiary/aromatic N) is 3. The van der Waals surface area contributed by atoms with Gasteiger partial charge < -0.3 is 15.0 Å². The van der Waals surface area contributed by atoms with Gasteiger partial charge in [0.15, 0.2) is 0 Å². The van der Waals surface area contributed by atoms with Crippen LogP contribution >= 0.6 is 12.2 Å². The van der Waals surface area contributed by atoms with Crippen molar-refractivity contribution < 1.29 is 9.53 Å². The van der Waals surface area contributed by atoms with Crippen LogP contribution in [0.1, 0.15) is 27.6 Å². The zero-order valence-corrected chi connectivity index (χ0v) is 17.1. The fourth-order valence-electron chi connectivity index (χ4n) is 3.18. The number of nitrogens with one attached hydrogen (secondary N) is 2. The van der Waals surface area contributed by atoms with E-state index in [1.165, 1.54) is 0 Å². The van der Waals surface area contributed by atoms with Gasteiger partial charge >= 0.3 is 0 Å². The van der Waals surface area contributed by atoms with Crippen LogP contribution in [0.5, 0.6) is 5.75 Å². The number of benzene rings is 2. The van der Waals surface area contributed by atoms with Gasteiger partial charge in [-0.15, -0.1) is 11.5 Å². The summed E-state index contributed by atoms with van der Waals surface area (Å²) in [6.07, 6.45) is 6.05. The second-order valence-corrected chi connectivity index (χ2v) is 7.25. The molecule has 1 atom stereocenters. The second kappa shape index (κ2) is 8.35. The summed E-state index contributed by atoms with van der Waals surface area (Å²) in [6, 6.07) is 14.7. The number of ether oxygens (including phenoxy) is 1. The molecular formula is C22H19N5O2S. The van der Waals surface area contributed by atoms with E-state index < -0.39 is 11.9 Å². The molecule has 0 bridgehead atoms. The van der Waals surface area contributed by atoms with Crippen LogP contribution in [0.15, 0.2) is 48.5 Å². The minimum absolute atomic E-state index is 0.0581. The zero-order chi connectivity index (χ0) is 21.1. The van der Waals surface area contributed by atoms with E-state index in [9.17, 15) is 4.79 Å². The zero-order valence-electron chi connectivity index (χ0n) is 16.3. The first-order valence-electron chi connectivity index (χ1n) is 9.32. The van der Waals surface area contributed by atoms with E-state index in [-0.39, 0.29) is 12.4 Å². The van der Waals surface area contributed by atoms with Crippen LogP contribution in [-0.4, -0.2) is 45.8 Å². The van der Waals surface area contributed by atoms with Crippen molar-refractivity contribution in [3.63, 3.8) is 0 Å². The molecular weight excluding hydrogens is 398 g/mol.